The van der Waals surface area contributed by atoms with E-state index in [2.05, 4.69) is 16.2 Å². The van der Waals surface area contributed by atoms with E-state index in [4.69, 9.17) is 0 Å². The summed E-state index contributed by atoms with van der Waals surface area (Å²) in [5.41, 5.74) is -0.652. The van der Waals surface area contributed by atoms with E-state index < -0.39 is 17.3 Å². The van der Waals surface area contributed by atoms with Gasteiger partial charge in [0.2, 0.25) is 0 Å². The van der Waals surface area contributed by atoms with Crippen molar-refractivity contribution in [1.29, 1.82) is 0 Å². The molecule has 0 saturated heterocycles. The van der Waals surface area contributed by atoms with Crippen molar-refractivity contribution in [2.45, 2.75) is 0 Å². The fourth-order valence-electron chi connectivity index (χ4n) is 1.27. The quantitative estimate of drug-likeness (QED) is 0.563. The zero-order chi connectivity index (χ0) is 11.5. The van der Waals surface area contributed by atoms with E-state index in [-0.39, 0.29) is 31.4 Å². The summed E-state index contributed by atoms with van der Waals surface area (Å²) in [5.74, 6) is -2.08. The molecule has 0 aliphatic carbocycles. The minimum atomic E-state index is -1.05. The van der Waals surface area contributed by atoms with Gasteiger partial charge in [0.25, 0.3) is 0 Å². The maximum atomic E-state index is 13.6. The first-order valence-electron chi connectivity index (χ1n) is 4.38. The van der Waals surface area contributed by atoms with Crippen molar-refractivity contribution in [2.24, 2.45) is 5.18 Å². The zero-order valence-corrected chi connectivity index (χ0v) is 10.7. The second kappa shape index (κ2) is 5.70. The Kier molecular flexibility index (Phi) is 4.54. The van der Waals surface area contributed by atoms with E-state index in [9.17, 15) is 13.7 Å². The monoisotopic (exact) mass is 412 g/mol. The number of nitrogens with zero attached hydrogens (tertiary/aromatic N) is 2. The van der Waals surface area contributed by atoms with Crippen LogP contribution in [0, 0.1) is 22.6 Å². The number of hydrogen-bond donors (Lipinski definition) is 0. The summed E-state index contributed by atoms with van der Waals surface area (Å²) >= 11 is 0. The molecule has 0 amide bonds. The van der Waals surface area contributed by atoms with Crippen LogP contribution in [-0.2, 0) is 20.1 Å². The van der Waals surface area contributed by atoms with Crippen molar-refractivity contribution < 1.29 is 28.9 Å². The average Bonchev–Trinajstić information content (AvgIpc) is 2.31. The van der Waals surface area contributed by atoms with Crippen LogP contribution in [0.4, 0.5) is 14.5 Å². The molecule has 0 saturated carbocycles. The Morgan fingerprint density at radius 3 is 2.65 bits per heavy atom. The Hall–Kier alpha value is -1.52. The van der Waals surface area contributed by atoms with Crippen LogP contribution in [0.1, 0.15) is 0 Å². The van der Waals surface area contributed by atoms with E-state index in [0.717, 1.165) is 6.07 Å². The van der Waals surface area contributed by atoms with Crippen molar-refractivity contribution in [2.75, 3.05) is 0 Å². The minimum Gasteiger partial charge on any atom is -0.305 e. The van der Waals surface area contributed by atoms with Gasteiger partial charge in [-0.1, -0.05) is 17.7 Å². The Balaban J connectivity index is 0.00000144. The normalized spacial score (nSPS) is 9.53. The molecule has 1 heterocycles. The van der Waals surface area contributed by atoms with Crippen LogP contribution in [0.15, 0.2) is 35.6 Å². The fourth-order valence-corrected chi connectivity index (χ4v) is 1.27. The van der Waals surface area contributed by atoms with Crippen molar-refractivity contribution in [3.63, 3.8) is 0 Å². The molecule has 0 atom stereocenters. The second-order valence-corrected chi connectivity index (χ2v) is 2.98. The first-order chi connectivity index (χ1) is 7.74. The van der Waals surface area contributed by atoms with Crippen LogP contribution in [0.3, 0.4) is 0 Å². The molecule has 17 heavy (non-hydrogen) atoms. The Morgan fingerprint density at radius 1 is 1.29 bits per heavy atom. The maximum Gasteiger partial charge on any atom is 0.0957 e. The maximum absolute atomic E-state index is 13.6. The summed E-state index contributed by atoms with van der Waals surface area (Å²) in [6.45, 7) is 0. The largest absolute Gasteiger partial charge is 0.305 e. The third-order valence-corrected chi connectivity index (χ3v) is 2.01. The Labute approximate surface area is 109 Å². The van der Waals surface area contributed by atoms with Crippen LogP contribution in [0.25, 0.3) is 11.3 Å². The van der Waals surface area contributed by atoms with Gasteiger partial charge in [0.15, 0.2) is 0 Å². The molecule has 1 aromatic carbocycles. The first kappa shape index (κ1) is 13.5. The van der Waals surface area contributed by atoms with Gasteiger partial charge in [-0.2, -0.15) is 0 Å². The van der Waals surface area contributed by atoms with Crippen LogP contribution in [0.2, 0.25) is 0 Å². The molecule has 2 rings (SSSR count). The fraction of sp³-hybridized carbons (Fsp3) is 0. The number of pyridine rings is 1. The van der Waals surface area contributed by atoms with Gasteiger partial charge in [-0.05, 0) is 16.9 Å². The van der Waals surface area contributed by atoms with Crippen molar-refractivity contribution in [1.82, 2.24) is 4.98 Å². The van der Waals surface area contributed by atoms with Gasteiger partial charge < -0.3 is 4.98 Å². The predicted octanol–water partition coefficient (Wildman–Crippen LogP) is 3.22. The third-order valence-electron chi connectivity index (χ3n) is 2.01. The third kappa shape index (κ3) is 2.59. The molecule has 0 N–H and O–H groups in total. The molecule has 0 unspecified atom stereocenters. The zero-order valence-electron chi connectivity index (χ0n) is 8.28. The van der Waals surface area contributed by atoms with E-state index in [0.29, 0.717) is 0 Å². The number of aromatic nitrogens is 1. The topological polar surface area (TPSA) is 42.3 Å². The Bertz CT molecular complexity index is 534. The molecule has 0 spiro atoms. The SMILES string of the molecule is O=Nc1c(F)c[c-]c(-c2ccccn2)c1F.[Ir]. The molecule has 6 heteroatoms. The second-order valence-electron chi connectivity index (χ2n) is 2.98. The van der Waals surface area contributed by atoms with Gasteiger partial charge in [-0.15, -0.1) is 17.0 Å². The molecule has 2 aromatic rings. The van der Waals surface area contributed by atoms with Crippen LogP contribution < -0.4 is 0 Å². The van der Waals surface area contributed by atoms with E-state index in [1.807, 2.05) is 0 Å². The molecule has 1 aromatic heterocycles. The summed E-state index contributed by atoms with van der Waals surface area (Å²) in [7, 11) is 0. The Morgan fingerprint density at radius 2 is 2.06 bits per heavy atom. The molecule has 89 valence electrons. The minimum absolute atomic E-state index is 0. The average molecular weight is 411 g/mol. The summed E-state index contributed by atoms with van der Waals surface area (Å²) in [5, 5.41) is 2.31. The number of rotatable bonds is 2. The summed E-state index contributed by atoms with van der Waals surface area (Å²) in [6, 6.07) is 8.08. The number of benzene rings is 1. The molecule has 3 nitrogen and oxygen atoms in total. The molecule has 0 fully saturated rings. The summed E-state index contributed by atoms with van der Waals surface area (Å²) in [6.07, 6.45) is 1.46. The molecule has 0 bridgehead atoms. The summed E-state index contributed by atoms with van der Waals surface area (Å²) in [4.78, 5) is 14.1. The van der Waals surface area contributed by atoms with Gasteiger partial charge in [0.1, 0.15) is 0 Å². The van der Waals surface area contributed by atoms with E-state index in [1.165, 1.54) is 12.3 Å². The van der Waals surface area contributed by atoms with E-state index in [1.54, 1.807) is 12.1 Å². The van der Waals surface area contributed by atoms with E-state index >= 15 is 0 Å². The first-order valence-corrected chi connectivity index (χ1v) is 4.38. The van der Waals surface area contributed by atoms with Crippen LogP contribution in [-0.4, -0.2) is 4.98 Å². The van der Waals surface area contributed by atoms with Crippen molar-refractivity contribution in [3.05, 3.63) is 53.1 Å². The number of nitroso groups, excluding NO2 is 1. The molecule has 0 aliphatic rings. The van der Waals surface area contributed by atoms with Crippen molar-refractivity contribution >= 4 is 5.69 Å². The number of hydrogen-bond acceptors (Lipinski definition) is 3. The van der Waals surface area contributed by atoms with Gasteiger partial charge >= 0.3 is 0 Å². The van der Waals surface area contributed by atoms with Crippen LogP contribution in [0.5, 0.6) is 0 Å². The number of halogens is 2. The van der Waals surface area contributed by atoms with Crippen molar-refractivity contribution in [3.8, 4) is 11.3 Å². The van der Waals surface area contributed by atoms with Gasteiger partial charge in [0.05, 0.1) is 17.3 Å². The van der Waals surface area contributed by atoms with Gasteiger partial charge in [0, 0.05) is 26.3 Å². The smallest absolute Gasteiger partial charge is 0.0957 e. The molecular formula is C11H5F2IrN2O-. The molecule has 0 aliphatic heterocycles. The molecule has 1 radical (unpaired) electrons. The van der Waals surface area contributed by atoms with Gasteiger partial charge in [-0.25, -0.2) is 0 Å². The summed E-state index contributed by atoms with van der Waals surface area (Å²) < 4.78 is 26.6. The predicted molar refractivity (Wildman–Crippen MR) is 53.9 cm³/mol. The molecular weight excluding hydrogens is 406 g/mol. The van der Waals surface area contributed by atoms with Crippen LogP contribution >= 0.6 is 0 Å². The standard InChI is InChI=1S/C11H5F2N2O.Ir/c12-8-5-4-7(10(13)11(8)15-16)9-3-1-2-6-14-9;/h1-3,5-6H;/q-1;. The van der Waals surface area contributed by atoms with Gasteiger partial charge in [-0.3, -0.25) is 8.78 Å².